The molecule has 3 aromatic rings. The smallest absolute Gasteiger partial charge is 0.0617 e. The van der Waals surface area contributed by atoms with Crippen LogP contribution in [0.4, 0.5) is 0 Å². The van der Waals surface area contributed by atoms with Crippen LogP contribution in [0.3, 0.4) is 0 Å². The van der Waals surface area contributed by atoms with Crippen molar-refractivity contribution in [3.63, 3.8) is 0 Å². The van der Waals surface area contributed by atoms with Gasteiger partial charge in [0.05, 0.1) is 5.41 Å². The molecule has 6 N–H and O–H groups in total. The highest BCUT2D eigenvalue weighted by Gasteiger charge is 2.44. The Bertz CT molecular complexity index is 722. The second-order valence-corrected chi connectivity index (χ2v) is 7.38. The van der Waals surface area contributed by atoms with E-state index >= 15 is 0 Å². The quantitative estimate of drug-likeness (QED) is 0.394. The van der Waals surface area contributed by atoms with E-state index in [0.29, 0.717) is 6.54 Å². The molecule has 0 heterocycles. The van der Waals surface area contributed by atoms with E-state index in [0.717, 1.165) is 36.0 Å². The van der Waals surface area contributed by atoms with Crippen LogP contribution in [0.25, 0.3) is 0 Å². The van der Waals surface area contributed by atoms with Crippen LogP contribution in [0, 0.1) is 0 Å². The third-order valence-electron chi connectivity index (χ3n) is 5.64. The minimum absolute atomic E-state index is 0.146. The van der Waals surface area contributed by atoms with E-state index < -0.39 is 5.41 Å². The van der Waals surface area contributed by atoms with Gasteiger partial charge in [0.1, 0.15) is 0 Å². The molecule has 2 atom stereocenters. The Labute approximate surface area is 168 Å². The van der Waals surface area contributed by atoms with Crippen molar-refractivity contribution in [2.24, 2.45) is 17.2 Å². The first-order valence-electron chi connectivity index (χ1n) is 10.1. The van der Waals surface area contributed by atoms with E-state index in [1.165, 1.54) is 0 Å². The van der Waals surface area contributed by atoms with Crippen LogP contribution < -0.4 is 17.2 Å². The summed E-state index contributed by atoms with van der Waals surface area (Å²) in [5.74, 6) is 0. The lowest BCUT2D eigenvalue weighted by atomic mass is 9.63. The summed E-state index contributed by atoms with van der Waals surface area (Å²) in [4.78, 5) is 0. The van der Waals surface area contributed by atoms with E-state index in [4.69, 9.17) is 17.2 Å². The van der Waals surface area contributed by atoms with Crippen molar-refractivity contribution < 1.29 is 0 Å². The summed E-state index contributed by atoms with van der Waals surface area (Å²) < 4.78 is 0. The molecule has 0 saturated carbocycles. The highest BCUT2D eigenvalue weighted by Crippen LogP contribution is 2.42. The zero-order chi connectivity index (χ0) is 19.8. The molecule has 0 aliphatic rings. The lowest BCUT2D eigenvalue weighted by Gasteiger charge is -2.43. The zero-order valence-electron chi connectivity index (χ0n) is 16.4. The molecule has 0 spiro atoms. The molecule has 0 radical (unpaired) electrons. The van der Waals surface area contributed by atoms with Gasteiger partial charge in [-0.3, -0.25) is 0 Å². The lowest BCUT2D eigenvalue weighted by Crippen LogP contribution is -2.56. The average molecular weight is 374 g/mol. The molecule has 0 amide bonds. The maximum atomic E-state index is 7.02. The summed E-state index contributed by atoms with van der Waals surface area (Å²) in [5, 5.41) is 0. The summed E-state index contributed by atoms with van der Waals surface area (Å²) in [7, 11) is 0. The molecule has 0 aliphatic heterocycles. The number of nitrogens with two attached hydrogens (primary N) is 3. The van der Waals surface area contributed by atoms with Gasteiger partial charge >= 0.3 is 0 Å². The van der Waals surface area contributed by atoms with E-state index in [9.17, 15) is 0 Å². The highest BCUT2D eigenvalue weighted by molar-refractivity contribution is 5.52. The Morgan fingerprint density at radius 3 is 1.36 bits per heavy atom. The summed E-state index contributed by atoms with van der Waals surface area (Å²) in [6.07, 6.45) is 2.81. The first kappa shape index (κ1) is 20.3. The van der Waals surface area contributed by atoms with Crippen molar-refractivity contribution in [1.82, 2.24) is 0 Å². The van der Waals surface area contributed by atoms with Crippen LogP contribution in [-0.4, -0.2) is 18.6 Å². The number of benzene rings is 3. The highest BCUT2D eigenvalue weighted by atomic mass is 14.8. The van der Waals surface area contributed by atoms with Gasteiger partial charge in [0, 0.05) is 12.1 Å². The standard InChI is InChI=1S/C25H31N3/c26-19-11-10-18-23(27)24(28)25(20-12-4-1-5-13-20,21-14-6-2-7-15-21)22-16-8-3-9-17-22/h1-9,12-17,23-24H,10-11,18-19,26-28H2. The summed E-state index contributed by atoms with van der Waals surface area (Å²) in [5.41, 5.74) is 22.3. The van der Waals surface area contributed by atoms with Crippen LogP contribution in [0.1, 0.15) is 36.0 Å². The van der Waals surface area contributed by atoms with Gasteiger partial charge in [-0.25, -0.2) is 0 Å². The van der Waals surface area contributed by atoms with Crippen LogP contribution in [0.2, 0.25) is 0 Å². The third kappa shape index (κ3) is 4.02. The molecule has 3 heteroatoms. The van der Waals surface area contributed by atoms with Crippen LogP contribution >= 0.6 is 0 Å². The topological polar surface area (TPSA) is 78.1 Å². The maximum absolute atomic E-state index is 7.02. The SMILES string of the molecule is NCCCCC(N)C(N)C(c1ccccc1)(c1ccccc1)c1ccccc1. The third-order valence-corrected chi connectivity index (χ3v) is 5.64. The molecule has 0 fully saturated rings. The van der Waals surface area contributed by atoms with E-state index in [-0.39, 0.29) is 12.1 Å². The Kier molecular flexibility index (Phi) is 6.99. The van der Waals surface area contributed by atoms with Gasteiger partial charge < -0.3 is 17.2 Å². The van der Waals surface area contributed by atoms with E-state index in [1.54, 1.807) is 0 Å². The predicted octanol–water partition coefficient (Wildman–Crippen LogP) is 3.80. The largest absolute Gasteiger partial charge is 0.330 e. The molecular weight excluding hydrogens is 342 g/mol. The van der Waals surface area contributed by atoms with Crippen molar-refractivity contribution in [2.75, 3.05) is 6.54 Å². The molecule has 0 aliphatic carbocycles. The van der Waals surface area contributed by atoms with Crippen molar-refractivity contribution in [1.29, 1.82) is 0 Å². The molecule has 146 valence electrons. The van der Waals surface area contributed by atoms with Crippen LogP contribution in [-0.2, 0) is 5.41 Å². The number of rotatable bonds is 9. The van der Waals surface area contributed by atoms with Crippen molar-refractivity contribution in [3.8, 4) is 0 Å². The Balaban J connectivity index is 2.19. The van der Waals surface area contributed by atoms with Gasteiger partial charge in [0.15, 0.2) is 0 Å². The summed E-state index contributed by atoms with van der Waals surface area (Å²) >= 11 is 0. The average Bonchev–Trinajstić information content (AvgIpc) is 2.76. The van der Waals surface area contributed by atoms with Gasteiger partial charge in [-0.05, 0) is 36.1 Å². The minimum Gasteiger partial charge on any atom is -0.330 e. The zero-order valence-corrected chi connectivity index (χ0v) is 16.4. The van der Waals surface area contributed by atoms with Gasteiger partial charge in [0.25, 0.3) is 0 Å². The number of hydrogen-bond donors (Lipinski definition) is 3. The normalized spacial score (nSPS) is 13.8. The fourth-order valence-corrected chi connectivity index (χ4v) is 4.21. The minimum atomic E-state index is -0.522. The molecule has 2 unspecified atom stereocenters. The van der Waals surface area contributed by atoms with Crippen molar-refractivity contribution >= 4 is 0 Å². The monoisotopic (exact) mass is 373 g/mol. The summed E-state index contributed by atoms with van der Waals surface area (Å²) in [6, 6.07) is 31.1. The number of hydrogen-bond acceptors (Lipinski definition) is 3. The Morgan fingerprint density at radius 2 is 1.00 bits per heavy atom. The van der Waals surface area contributed by atoms with E-state index in [2.05, 4.69) is 72.8 Å². The fourth-order valence-electron chi connectivity index (χ4n) is 4.21. The first-order valence-corrected chi connectivity index (χ1v) is 10.1. The molecule has 3 rings (SSSR count). The first-order chi connectivity index (χ1) is 13.7. The second kappa shape index (κ2) is 9.65. The van der Waals surface area contributed by atoms with Gasteiger partial charge in [-0.2, -0.15) is 0 Å². The van der Waals surface area contributed by atoms with Crippen LogP contribution in [0.5, 0.6) is 0 Å². The molecule has 0 aromatic heterocycles. The van der Waals surface area contributed by atoms with Crippen LogP contribution in [0.15, 0.2) is 91.0 Å². The van der Waals surface area contributed by atoms with Crippen molar-refractivity contribution in [3.05, 3.63) is 108 Å². The van der Waals surface area contributed by atoms with Gasteiger partial charge in [-0.1, -0.05) is 97.4 Å². The molecule has 28 heavy (non-hydrogen) atoms. The van der Waals surface area contributed by atoms with Crippen molar-refractivity contribution in [2.45, 2.75) is 36.8 Å². The fraction of sp³-hybridized carbons (Fsp3) is 0.280. The molecule has 0 saturated heterocycles. The Morgan fingerprint density at radius 1 is 0.607 bits per heavy atom. The molecular formula is C25H31N3. The Hall–Kier alpha value is -2.46. The molecule has 0 bridgehead atoms. The van der Waals surface area contributed by atoms with Gasteiger partial charge in [0.2, 0.25) is 0 Å². The second-order valence-electron chi connectivity index (χ2n) is 7.38. The predicted molar refractivity (Wildman–Crippen MR) is 118 cm³/mol. The molecule has 3 nitrogen and oxygen atoms in total. The maximum Gasteiger partial charge on any atom is 0.0617 e. The number of unbranched alkanes of at least 4 members (excludes halogenated alkanes) is 1. The summed E-state index contributed by atoms with van der Waals surface area (Å²) in [6.45, 7) is 0.684. The van der Waals surface area contributed by atoms with Gasteiger partial charge in [-0.15, -0.1) is 0 Å². The van der Waals surface area contributed by atoms with E-state index in [1.807, 2.05) is 18.2 Å². The lowest BCUT2D eigenvalue weighted by molar-refractivity contribution is 0.379. The molecule has 3 aromatic carbocycles.